The molecule has 1 aromatic rings. The number of benzene rings is 1. The van der Waals surface area contributed by atoms with Crippen LogP contribution in [0.3, 0.4) is 0 Å². The monoisotopic (exact) mass is 225 g/mol. The zero-order valence-corrected chi connectivity index (χ0v) is 10.3. The van der Waals surface area contributed by atoms with Crippen LogP contribution < -0.4 is 5.32 Å². The molecule has 0 saturated carbocycles. The SMILES string of the molecule is CNC(=O)c1cc(C(C)(C)C)ccc1Cl. The first-order chi connectivity index (χ1) is 6.86. The fourth-order valence-electron chi connectivity index (χ4n) is 1.30. The molecule has 0 aliphatic rings. The Morgan fingerprint density at radius 3 is 2.40 bits per heavy atom. The van der Waals surface area contributed by atoms with Gasteiger partial charge in [0, 0.05) is 7.05 Å². The molecule has 0 atom stereocenters. The zero-order valence-electron chi connectivity index (χ0n) is 9.52. The summed E-state index contributed by atoms with van der Waals surface area (Å²) in [6.07, 6.45) is 0. The van der Waals surface area contributed by atoms with Gasteiger partial charge in [0.15, 0.2) is 0 Å². The molecule has 1 amide bonds. The fraction of sp³-hybridized carbons (Fsp3) is 0.417. The molecule has 0 saturated heterocycles. The molecule has 0 heterocycles. The highest BCUT2D eigenvalue weighted by Gasteiger charge is 2.17. The molecule has 0 fully saturated rings. The van der Waals surface area contributed by atoms with Gasteiger partial charge in [-0.3, -0.25) is 4.79 Å². The van der Waals surface area contributed by atoms with E-state index in [9.17, 15) is 4.79 Å². The molecule has 0 spiro atoms. The van der Waals surface area contributed by atoms with Crippen molar-refractivity contribution in [1.82, 2.24) is 5.32 Å². The second kappa shape index (κ2) is 4.23. The minimum atomic E-state index is -0.147. The van der Waals surface area contributed by atoms with E-state index in [0.717, 1.165) is 5.56 Å². The van der Waals surface area contributed by atoms with Crippen LogP contribution in [0.2, 0.25) is 5.02 Å². The standard InChI is InChI=1S/C12H16ClNO/c1-12(2,3)8-5-6-10(13)9(7-8)11(15)14-4/h5-7H,1-4H3,(H,14,15). The number of amides is 1. The summed E-state index contributed by atoms with van der Waals surface area (Å²) in [6, 6.07) is 5.57. The lowest BCUT2D eigenvalue weighted by atomic mass is 9.86. The number of carbonyl (C=O) groups is 1. The minimum Gasteiger partial charge on any atom is -0.355 e. The fourth-order valence-corrected chi connectivity index (χ4v) is 1.50. The first-order valence-corrected chi connectivity index (χ1v) is 5.26. The minimum absolute atomic E-state index is 0.0212. The van der Waals surface area contributed by atoms with Crippen LogP contribution in [0.25, 0.3) is 0 Å². The molecule has 15 heavy (non-hydrogen) atoms. The third kappa shape index (κ3) is 2.72. The number of hydrogen-bond acceptors (Lipinski definition) is 1. The summed E-state index contributed by atoms with van der Waals surface area (Å²) in [7, 11) is 1.60. The van der Waals surface area contributed by atoms with E-state index in [1.54, 1.807) is 13.1 Å². The van der Waals surface area contributed by atoms with Crippen LogP contribution in [0.1, 0.15) is 36.7 Å². The van der Waals surface area contributed by atoms with Crippen LogP contribution in [-0.2, 0) is 5.41 Å². The van der Waals surface area contributed by atoms with Gasteiger partial charge in [-0.15, -0.1) is 0 Å². The predicted molar refractivity (Wildman–Crippen MR) is 63.5 cm³/mol. The van der Waals surface area contributed by atoms with Gasteiger partial charge in [-0.05, 0) is 23.1 Å². The van der Waals surface area contributed by atoms with Gasteiger partial charge < -0.3 is 5.32 Å². The molecular formula is C12H16ClNO. The lowest BCUT2D eigenvalue weighted by Gasteiger charge is -2.20. The summed E-state index contributed by atoms with van der Waals surface area (Å²) >= 11 is 5.96. The molecule has 3 heteroatoms. The third-order valence-electron chi connectivity index (χ3n) is 2.30. The Bertz CT molecular complexity index is 380. The molecule has 1 aromatic carbocycles. The van der Waals surface area contributed by atoms with Gasteiger partial charge in [0.05, 0.1) is 10.6 Å². The van der Waals surface area contributed by atoms with Crippen molar-refractivity contribution in [1.29, 1.82) is 0 Å². The molecule has 1 rings (SSSR count). The predicted octanol–water partition coefficient (Wildman–Crippen LogP) is 3.00. The van der Waals surface area contributed by atoms with E-state index in [-0.39, 0.29) is 11.3 Å². The molecule has 82 valence electrons. The van der Waals surface area contributed by atoms with Gasteiger partial charge in [0.2, 0.25) is 0 Å². The maximum Gasteiger partial charge on any atom is 0.252 e. The summed E-state index contributed by atoms with van der Waals surface area (Å²) in [5, 5.41) is 3.07. The first-order valence-electron chi connectivity index (χ1n) is 4.88. The Labute approximate surface area is 95.6 Å². The van der Waals surface area contributed by atoms with E-state index in [1.165, 1.54) is 0 Å². The molecule has 0 aromatic heterocycles. The highest BCUT2D eigenvalue weighted by atomic mass is 35.5. The van der Waals surface area contributed by atoms with E-state index in [1.807, 2.05) is 12.1 Å². The summed E-state index contributed by atoms with van der Waals surface area (Å²) < 4.78 is 0. The Morgan fingerprint density at radius 1 is 1.33 bits per heavy atom. The van der Waals surface area contributed by atoms with E-state index in [4.69, 9.17) is 11.6 Å². The van der Waals surface area contributed by atoms with Gasteiger partial charge >= 0.3 is 0 Å². The molecule has 0 bridgehead atoms. The van der Waals surface area contributed by atoms with Crippen molar-refractivity contribution in [3.05, 3.63) is 34.3 Å². The molecule has 2 nitrogen and oxygen atoms in total. The van der Waals surface area contributed by atoms with Crippen molar-refractivity contribution >= 4 is 17.5 Å². The highest BCUT2D eigenvalue weighted by Crippen LogP contribution is 2.26. The lowest BCUT2D eigenvalue weighted by Crippen LogP contribution is -2.20. The van der Waals surface area contributed by atoms with E-state index in [2.05, 4.69) is 26.1 Å². The van der Waals surface area contributed by atoms with E-state index < -0.39 is 0 Å². The van der Waals surface area contributed by atoms with Crippen molar-refractivity contribution in [2.45, 2.75) is 26.2 Å². The van der Waals surface area contributed by atoms with Crippen molar-refractivity contribution in [2.24, 2.45) is 0 Å². The zero-order chi connectivity index (χ0) is 11.6. The molecule has 0 aliphatic heterocycles. The molecule has 1 N–H and O–H groups in total. The van der Waals surface area contributed by atoms with Crippen LogP contribution in [0.4, 0.5) is 0 Å². The van der Waals surface area contributed by atoms with Crippen LogP contribution in [0.15, 0.2) is 18.2 Å². The van der Waals surface area contributed by atoms with Crippen molar-refractivity contribution < 1.29 is 4.79 Å². The Kier molecular flexibility index (Phi) is 3.40. The Morgan fingerprint density at radius 2 is 1.93 bits per heavy atom. The smallest absolute Gasteiger partial charge is 0.252 e. The molecule has 0 aliphatic carbocycles. The summed E-state index contributed by atoms with van der Waals surface area (Å²) in [5.41, 5.74) is 1.66. The second-order valence-corrected chi connectivity index (χ2v) is 4.93. The maximum absolute atomic E-state index is 11.5. The van der Waals surface area contributed by atoms with Gasteiger partial charge in [0.25, 0.3) is 5.91 Å². The second-order valence-electron chi connectivity index (χ2n) is 4.52. The normalized spacial score (nSPS) is 11.3. The van der Waals surface area contributed by atoms with Gasteiger partial charge in [0.1, 0.15) is 0 Å². The van der Waals surface area contributed by atoms with Crippen molar-refractivity contribution in [2.75, 3.05) is 7.05 Å². The Balaban J connectivity index is 3.23. The number of halogens is 1. The molecular weight excluding hydrogens is 210 g/mol. The van der Waals surface area contributed by atoms with Gasteiger partial charge in [-0.1, -0.05) is 38.4 Å². The quantitative estimate of drug-likeness (QED) is 0.782. The van der Waals surface area contributed by atoms with E-state index in [0.29, 0.717) is 10.6 Å². The largest absolute Gasteiger partial charge is 0.355 e. The van der Waals surface area contributed by atoms with E-state index >= 15 is 0 Å². The number of carbonyl (C=O) groups excluding carboxylic acids is 1. The topological polar surface area (TPSA) is 29.1 Å². The summed E-state index contributed by atoms with van der Waals surface area (Å²) in [5.74, 6) is -0.147. The molecule has 0 unspecified atom stereocenters. The lowest BCUT2D eigenvalue weighted by molar-refractivity contribution is 0.0963. The maximum atomic E-state index is 11.5. The highest BCUT2D eigenvalue weighted by molar-refractivity contribution is 6.33. The average molecular weight is 226 g/mol. The Hall–Kier alpha value is -1.02. The third-order valence-corrected chi connectivity index (χ3v) is 2.63. The number of rotatable bonds is 1. The van der Waals surface area contributed by atoms with Crippen molar-refractivity contribution in [3.8, 4) is 0 Å². The van der Waals surface area contributed by atoms with Crippen LogP contribution in [0.5, 0.6) is 0 Å². The molecule has 0 radical (unpaired) electrons. The van der Waals surface area contributed by atoms with Crippen LogP contribution >= 0.6 is 11.6 Å². The van der Waals surface area contributed by atoms with Crippen LogP contribution in [0, 0.1) is 0 Å². The van der Waals surface area contributed by atoms with Gasteiger partial charge in [-0.2, -0.15) is 0 Å². The first kappa shape index (κ1) is 12.1. The van der Waals surface area contributed by atoms with Gasteiger partial charge in [-0.25, -0.2) is 0 Å². The number of nitrogens with one attached hydrogen (secondary N) is 1. The van der Waals surface area contributed by atoms with Crippen molar-refractivity contribution in [3.63, 3.8) is 0 Å². The summed E-state index contributed by atoms with van der Waals surface area (Å²) in [6.45, 7) is 6.30. The average Bonchev–Trinajstić information content (AvgIpc) is 2.15. The summed E-state index contributed by atoms with van der Waals surface area (Å²) in [4.78, 5) is 11.5. The van der Waals surface area contributed by atoms with Crippen LogP contribution in [-0.4, -0.2) is 13.0 Å². The number of hydrogen-bond donors (Lipinski definition) is 1.